The van der Waals surface area contributed by atoms with Crippen LogP contribution in [0.4, 0.5) is 4.39 Å². The van der Waals surface area contributed by atoms with Crippen molar-refractivity contribution in [2.75, 3.05) is 32.7 Å². The summed E-state index contributed by atoms with van der Waals surface area (Å²) < 4.78 is 13.6. The van der Waals surface area contributed by atoms with E-state index in [9.17, 15) is 9.18 Å². The fraction of sp³-hybridized carbons (Fsp3) is 0.350. The van der Waals surface area contributed by atoms with Crippen LogP contribution in [0.1, 0.15) is 11.1 Å². The second kappa shape index (κ2) is 8.18. The molecule has 126 valence electrons. The van der Waals surface area contributed by atoms with Crippen LogP contribution in [0.5, 0.6) is 0 Å². The summed E-state index contributed by atoms with van der Waals surface area (Å²) in [5.41, 5.74) is 1.81. The van der Waals surface area contributed by atoms with Gasteiger partial charge in [-0.05, 0) is 17.2 Å². The minimum atomic E-state index is -0.293. The first kappa shape index (κ1) is 16.8. The van der Waals surface area contributed by atoms with Crippen LogP contribution in [0.15, 0.2) is 54.6 Å². The Balaban J connectivity index is 1.43. The molecule has 0 N–H and O–H groups in total. The van der Waals surface area contributed by atoms with Crippen LogP contribution in [0.3, 0.4) is 0 Å². The highest BCUT2D eigenvalue weighted by molar-refractivity contribution is 5.82. The SMILES string of the molecule is O=C(Cc1ccccc1F)CN1CCN(Cc2ccccc2)CC1. The average molecular weight is 326 g/mol. The van der Waals surface area contributed by atoms with Crippen molar-refractivity contribution >= 4 is 5.78 Å². The molecule has 1 heterocycles. The second-order valence-corrected chi connectivity index (χ2v) is 6.34. The van der Waals surface area contributed by atoms with E-state index in [-0.39, 0.29) is 18.0 Å². The van der Waals surface area contributed by atoms with Crippen molar-refractivity contribution in [1.82, 2.24) is 9.80 Å². The van der Waals surface area contributed by atoms with Crippen LogP contribution in [0.25, 0.3) is 0 Å². The molecule has 3 rings (SSSR count). The third-order valence-electron chi connectivity index (χ3n) is 4.46. The number of ketones is 1. The van der Waals surface area contributed by atoms with Gasteiger partial charge in [-0.1, -0.05) is 48.5 Å². The third-order valence-corrected chi connectivity index (χ3v) is 4.46. The third kappa shape index (κ3) is 4.73. The maximum atomic E-state index is 13.6. The Morgan fingerprint density at radius 2 is 1.50 bits per heavy atom. The highest BCUT2D eigenvalue weighted by atomic mass is 19.1. The summed E-state index contributed by atoms with van der Waals surface area (Å²) in [4.78, 5) is 16.8. The van der Waals surface area contributed by atoms with Crippen molar-refractivity contribution < 1.29 is 9.18 Å². The van der Waals surface area contributed by atoms with Gasteiger partial charge in [0.05, 0.1) is 6.54 Å². The molecule has 2 aromatic rings. The first-order chi connectivity index (χ1) is 11.7. The molecule has 2 aromatic carbocycles. The van der Waals surface area contributed by atoms with Crippen LogP contribution in [-0.2, 0) is 17.8 Å². The molecule has 0 bridgehead atoms. The Labute approximate surface area is 142 Å². The lowest BCUT2D eigenvalue weighted by Gasteiger charge is -2.34. The van der Waals surface area contributed by atoms with Gasteiger partial charge in [0.1, 0.15) is 5.82 Å². The van der Waals surface area contributed by atoms with Crippen molar-refractivity contribution in [1.29, 1.82) is 0 Å². The van der Waals surface area contributed by atoms with Crippen molar-refractivity contribution in [3.05, 3.63) is 71.5 Å². The molecule has 0 atom stereocenters. The molecule has 0 radical (unpaired) electrons. The summed E-state index contributed by atoms with van der Waals surface area (Å²) in [5.74, 6) is -0.213. The average Bonchev–Trinajstić information content (AvgIpc) is 2.60. The van der Waals surface area contributed by atoms with E-state index >= 15 is 0 Å². The lowest BCUT2D eigenvalue weighted by molar-refractivity contribution is -0.120. The standard InChI is InChI=1S/C20H23FN2O/c21-20-9-5-4-8-18(20)14-19(24)16-23-12-10-22(11-13-23)15-17-6-2-1-3-7-17/h1-9H,10-16H2. The number of hydrogen-bond donors (Lipinski definition) is 0. The van der Waals surface area contributed by atoms with Crippen molar-refractivity contribution in [2.45, 2.75) is 13.0 Å². The molecule has 3 nitrogen and oxygen atoms in total. The van der Waals surface area contributed by atoms with Gasteiger partial charge in [0, 0.05) is 39.1 Å². The predicted molar refractivity (Wildman–Crippen MR) is 93.3 cm³/mol. The molecule has 0 amide bonds. The zero-order valence-electron chi connectivity index (χ0n) is 13.8. The van der Waals surface area contributed by atoms with E-state index in [0.717, 1.165) is 32.7 Å². The number of piperazine rings is 1. The number of carbonyl (C=O) groups is 1. The van der Waals surface area contributed by atoms with Gasteiger partial charge < -0.3 is 0 Å². The number of nitrogens with zero attached hydrogens (tertiary/aromatic N) is 2. The first-order valence-electron chi connectivity index (χ1n) is 8.44. The smallest absolute Gasteiger partial charge is 0.151 e. The molecule has 0 spiro atoms. The van der Waals surface area contributed by atoms with E-state index < -0.39 is 0 Å². The fourth-order valence-electron chi connectivity index (χ4n) is 3.11. The van der Waals surface area contributed by atoms with Crippen molar-refractivity contribution in [3.8, 4) is 0 Å². The van der Waals surface area contributed by atoms with E-state index in [4.69, 9.17) is 0 Å². The summed E-state index contributed by atoms with van der Waals surface area (Å²) in [6, 6.07) is 17.0. The second-order valence-electron chi connectivity index (χ2n) is 6.34. The highest BCUT2D eigenvalue weighted by Crippen LogP contribution is 2.10. The molecule has 0 aliphatic carbocycles. The fourth-order valence-corrected chi connectivity index (χ4v) is 3.11. The molecule has 1 aliphatic rings. The lowest BCUT2D eigenvalue weighted by atomic mass is 10.1. The van der Waals surface area contributed by atoms with Crippen LogP contribution >= 0.6 is 0 Å². The number of hydrogen-bond acceptors (Lipinski definition) is 3. The van der Waals surface area contributed by atoms with E-state index in [1.54, 1.807) is 18.2 Å². The number of benzene rings is 2. The molecule has 1 fully saturated rings. The molecule has 1 saturated heterocycles. The van der Waals surface area contributed by atoms with E-state index in [2.05, 4.69) is 34.1 Å². The Hall–Kier alpha value is -2.04. The van der Waals surface area contributed by atoms with Gasteiger partial charge in [-0.3, -0.25) is 14.6 Å². The van der Waals surface area contributed by atoms with Crippen LogP contribution in [0.2, 0.25) is 0 Å². The number of rotatable bonds is 6. The van der Waals surface area contributed by atoms with Gasteiger partial charge in [-0.25, -0.2) is 4.39 Å². The van der Waals surface area contributed by atoms with Crippen molar-refractivity contribution in [3.63, 3.8) is 0 Å². The quantitative estimate of drug-likeness (QED) is 0.815. The largest absolute Gasteiger partial charge is 0.298 e. The first-order valence-corrected chi connectivity index (χ1v) is 8.44. The summed E-state index contributed by atoms with van der Waals surface area (Å²) in [5, 5.41) is 0. The van der Waals surface area contributed by atoms with Gasteiger partial charge in [-0.15, -0.1) is 0 Å². The maximum Gasteiger partial charge on any atom is 0.151 e. The number of carbonyl (C=O) groups excluding carboxylic acids is 1. The van der Waals surface area contributed by atoms with Crippen LogP contribution in [-0.4, -0.2) is 48.3 Å². The molecule has 0 aromatic heterocycles. The normalized spacial score (nSPS) is 16.2. The van der Waals surface area contributed by atoms with Crippen LogP contribution in [0, 0.1) is 5.82 Å². The van der Waals surface area contributed by atoms with Gasteiger partial charge in [0.15, 0.2) is 5.78 Å². The topological polar surface area (TPSA) is 23.6 Å². The van der Waals surface area contributed by atoms with Crippen LogP contribution < -0.4 is 0 Å². The maximum absolute atomic E-state index is 13.6. The monoisotopic (exact) mass is 326 g/mol. The summed E-state index contributed by atoms with van der Waals surface area (Å²) in [7, 11) is 0. The molecular formula is C20H23FN2O. The van der Waals surface area contributed by atoms with Crippen molar-refractivity contribution in [2.24, 2.45) is 0 Å². The van der Waals surface area contributed by atoms with Gasteiger partial charge in [0.2, 0.25) is 0 Å². The Morgan fingerprint density at radius 1 is 0.875 bits per heavy atom. The predicted octanol–water partition coefficient (Wildman–Crippen LogP) is 2.76. The number of halogens is 1. The highest BCUT2D eigenvalue weighted by Gasteiger charge is 2.19. The van der Waals surface area contributed by atoms with E-state index in [1.807, 2.05) is 6.07 Å². The molecule has 24 heavy (non-hydrogen) atoms. The zero-order valence-corrected chi connectivity index (χ0v) is 13.8. The van der Waals surface area contributed by atoms with Gasteiger partial charge >= 0.3 is 0 Å². The molecule has 1 aliphatic heterocycles. The van der Waals surface area contributed by atoms with Gasteiger partial charge in [0.25, 0.3) is 0 Å². The summed E-state index contributed by atoms with van der Waals surface area (Å²) in [6.07, 6.45) is 0.177. The Morgan fingerprint density at radius 3 is 2.21 bits per heavy atom. The zero-order chi connectivity index (χ0) is 16.8. The van der Waals surface area contributed by atoms with Gasteiger partial charge in [-0.2, -0.15) is 0 Å². The molecule has 4 heteroatoms. The Kier molecular flexibility index (Phi) is 5.72. The lowest BCUT2D eigenvalue weighted by Crippen LogP contribution is -2.47. The van der Waals surface area contributed by atoms with E-state index in [1.165, 1.54) is 11.6 Å². The Bertz CT molecular complexity index is 666. The molecular weight excluding hydrogens is 303 g/mol. The summed E-state index contributed by atoms with van der Waals surface area (Å²) >= 11 is 0. The minimum absolute atomic E-state index is 0.0802. The minimum Gasteiger partial charge on any atom is -0.298 e. The molecule has 0 saturated carbocycles. The summed E-state index contributed by atoms with van der Waals surface area (Å²) in [6.45, 7) is 5.06. The van der Waals surface area contributed by atoms with E-state index in [0.29, 0.717) is 12.1 Å². The number of Topliss-reactive ketones (excluding diaryl/α,β-unsaturated/α-hetero) is 1. The molecule has 0 unspecified atom stereocenters.